The van der Waals surface area contributed by atoms with Crippen LogP contribution in [0, 0.1) is 5.92 Å². The van der Waals surface area contributed by atoms with Crippen LogP contribution in [0.2, 0.25) is 0 Å². The first-order valence-electron chi connectivity index (χ1n) is 9.62. The van der Waals surface area contributed by atoms with Crippen LogP contribution in [0.3, 0.4) is 0 Å². The smallest absolute Gasteiger partial charge is 0.227 e. The van der Waals surface area contributed by atoms with Crippen molar-refractivity contribution in [3.63, 3.8) is 0 Å². The van der Waals surface area contributed by atoms with Crippen molar-refractivity contribution >= 4 is 22.4 Å². The van der Waals surface area contributed by atoms with Gasteiger partial charge in [0.15, 0.2) is 0 Å². The Balaban J connectivity index is 1.57. The van der Waals surface area contributed by atoms with E-state index in [4.69, 9.17) is 0 Å². The highest BCUT2D eigenvalue weighted by molar-refractivity contribution is 7.84. The Morgan fingerprint density at radius 3 is 2.80 bits per heavy atom. The van der Waals surface area contributed by atoms with Crippen molar-refractivity contribution in [3.05, 3.63) is 29.8 Å². The van der Waals surface area contributed by atoms with Crippen molar-refractivity contribution < 1.29 is 9.00 Å². The number of carbonyl (C=O) groups excluding carboxylic acids is 1. The molecule has 1 amide bonds. The molecule has 2 aliphatic rings. The van der Waals surface area contributed by atoms with Crippen molar-refractivity contribution in [2.75, 3.05) is 11.9 Å². The van der Waals surface area contributed by atoms with Crippen LogP contribution >= 0.6 is 0 Å². The van der Waals surface area contributed by atoms with Gasteiger partial charge in [0, 0.05) is 39.4 Å². The first-order valence-corrected chi connectivity index (χ1v) is 11.0. The molecule has 4 nitrogen and oxygen atoms in total. The zero-order valence-electron chi connectivity index (χ0n) is 15.1. The van der Waals surface area contributed by atoms with E-state index in [-0.39, 0.29) is 11.8 Å². The molecule has 3 atom stereocenters. The highest BCUT2D eigenvalue weighted by atomic mass is 32.2. The van der Waals surface area contributed by atoms with Gasteiger partial charge >= 0.3 is 0 Å². The molecule has 0 aromatic heterocycles. The summed E-state index contributed by atoms with van der Waals surface area (Å²) in [4.78, 5) is 12.5. The lowest BCUT2D eigenvalue weighted by molar-refractivity contribution is -0.120. The minimum Gasteiger partial charge on any atom is -0.326 e. The standard InChI is InChI=1S/C20H30N2O2S/c1-15-12-17(10-11-21-15)20(23)22-18-7-5-6-16(13-18)14-25(24)19-8-3-2-4-9-19/h5-7,13,15,17,19,21H,2-4,8-12,14H2,1H3,(H,22,23)/t15-,17-,25?/m0/s1. The molecule has 5 heteroatoms. The number of piperidine rings is 1. The van der Waals surface area contributed by atoms with Gasteiger partial charge in [0.25, 0.3) is 0 Å². The van der Waals surface area contributed by atoms with E-state index < -0.39 is 10.8 Å². The summed E-state index contributed by atoms with van der Waals surface area (Å²) in [5.41, 5.74) is 1.88. The average Bonchev–Trinajstić information content (AvgIpc) is 2.63. The van der Waals surface area contributed by atoms with Crippen molar-refractivity contribution in [2.24, 2.45) is 5.92 Å². The summed E-state index contributed by atoms with van der Waals surface area (Å²) in [5, 5.41) is 6.79. The van der Waals surface area contributed by atoms with Gasteiger partial charge in [-0.3, -0.25) is 9.00 Å². The largest absolute Gasteiger partial charge is 0.326 e. The van der Waals surface area contributed by atoms with Crippen molar-refractivity contribution in [2.45, 2.75) is 68.9 Å². The van der Waals surface area contributed by atoms with E-state index in [1.54, 1.807) is 0 Å². The number of anilines is 1. The Morgan fingerprint density at radius 2 is 2.04 bits per heavy atom. The predicted molar refractivity (Wildman–Crippen MR) is 104 cm³/mol. The van der Waals surface area contributed by atoms with Crippen molar-refractivity contribution in [1.29, 1.82) is 0 Å². The zero-order valence-corrected chi connectivity index (χ0v) is 15.9. The SMILES string of the molecule is C[C@H]1C[C@@H](C(=O)Nc2cccc(CS(=O)C3CCCCC3)c2)CCN1. The van der Waals surface area contributed by atoms with Gasteiger partial charge in [-0.05, 0) is 56.8 Å². The lowest BCUT2D eigenvalue weighted by Gasteiger charge is -2.27. The molecule has 3 rings (SSSR count). The second-order valence-electron chi connectivity index (χ2n) is 7.55. The molecule has 2 N–H and O–H groups in total. The summed E-state index contributed by atoms with van der Waals surface area (Å²) in [7, 11) is -0.808. The molecule has 1 aromatic rings. The molecular formula is C20H30N2O2S. The van der Waals surface area contributed by atoms with Gasteiger partial charge in [-0.15, -0.1) is 0 Å². The van der Waals surface area contributed by atoms with E-state index >= 15 is 0 Å². The Morgan fingerprint density at radius 1 is 1.24 bits per heavy atom. The number of hydrogen-bond donors (Lipinski definition) is 2. The zero-order chi connectivity index (χ0) is 17.6. The number of benzene rings is 1. The Kier molecular flexibility index (Phi) is 6.65. The normalized spacial score (nSPS) is 26.1. The van der Waals surface area contributed by atoms with Gasteiger partial charge in [0.1, 0.15) is 0 Å². The van der Waals surface area contributed by atoms with E-state index in [9.17, 15) is 9.00 Å². The first-order chi connectivity index (χ1) is 12.1. The summed E-state index contributed by atoms with van der Waals surface area (Å²) in [6.45, 7) is 3.03. The molecule has 1 aliphatic heterocycles. The van der Waals surface area contributed by atoms with Crippen LogP contribution in [-0.2, 0) is 21.3 Å². The fraction of sp³-hybridized carbons (Fsp3) is 0.650. The lowest BCUT2D eigenvalue weighted by Crippen LogP contribution is -2.40. The van der Waals surface area contributed by atoms with E-state index in [0.717, 1.165) is 43.5 Å². The van der Waals surface area contributed by atoms with Gasteiger partial charge in [-0.25, -0.2) is 0 Å². The Hall–Kier alpha value is -1.20. The van der Waals surface area contributed by atoms with Gasteiger partial charge in [-0.1, -0.05) is 31.4 Å². The molecular weight excluding hydrogens is 332 g/mol. The molecule has 0 spiro atoms. The van der Waals surface area contributed by atoms with Crippen LogP contribution in [0.25, 0.3) is 0 Å². The van der Waals surface area contributed by atoms with Crippen LogP contribution < -0.4 is 10.6 Å². The van der Waals surface area contributed by atoms with E-state index in [1.807, 2.05) is 24.3 Å². The fourth-order valence-corrected chi connectivity index (χ4v) is 5.57. The molecule has 1 aromatic carbocycles. The quantitative estimate of drug-likeness (QED) is 0.841. The highest BCUT2D eigenvalue weighted by Gasteiger charge is 2.25. The molecule has 1 saturated carbocycles. The van der Waals surface area contributed by atoms with E-state index in [2.05, 4.69) is 17.6 Å². The fourth-order valence-electron chi connectivity index (χ4n) is 3.96. The molecule has 138 valence electrons. The number of nitrogens with one attached hydrogen (secondary N) is 2. The summed E-state index contributed by atoms with van der Waals surface area (Å²) in [6, 6.07) is 8.28. The number of rotatable bonds is 5. The van der Waals surface area contributed by atoms with Crippen LogP contribution in [0.1, 0.15) is 57.4 Å². The van der Waals surface area contributed by atoms with Crippen LogP contribution in [0.5, 0.6) is 0 Å². The molecule has 0 bridgehead atoms. The topological polar surface area (TPSA) is 58.2 Å². The monoisotopic (exact) mass is 362 g/mol. The second-order valence-corrected chi connectivity index (χ2v) is 9.27. The summed E-state index contributed by atoms with van der Waals surface area (Å²) >= 11 is 0. The minimum absolute atomic E-state index is 0.0799. The molecule has 2 fully saturated rings. The van der Waals surface area contributed by atoms with Crippen LogP contribution in [0.15, 0.2) is 24.3 Å². The third-order valence-electron chi connectivity index (χ3n) is 5.42. The van der Waals surface area contributed by atoms with Gasteiger partial charge in [0.05, 0.1) is 0 Å². The van der Waals surface area contributed by atoms with Gasteiger partial charge in [0.2, 0.25) is 5.91 Å². The van der Waals surface area contributed by atoms with E-state index in [0.29, 0.717) is 17.0 Å². The summed E-state index contributed by atoms with van der Waals surface area (Å²) in [6.07, 6.45) is 7.67. The molecule has 0 radical (unpaired) electrons. The maximum atomic E-state index is 12.6. The molecule has 1 saturated heterocycles. The third-order valence-corrected chi connectivity index (χ3v) is 7.25. The average molecular weight is 363 g/mol. The number of carbonyl (C=O) groups is 1. The summed E-state index contributed by atoms with van der Waals surface area (Å²) < 4.78 is 12.6. The Bertz CT molecular complexity index is 613. The number of amides is 1. The van der Waals surface area contributed by atoms with Crippen LogP contribution in [0.4, 0.5) is 5.69 Å². The van der Waals surface area contributed by atoms with E-state index in [1.165, 1.54) is 19.3 Å². The molecule has 1 aliphatic carbocycles. The lowest BCUT2D eigenvalue weighted by atomic mass is 9.92. The first kappa shape index (κ1) is 18.6. The Labute approximate surface area is 153 Å². The van der Waals surface area contributed by atoms with Crippen molar-refractivity contribution in [1.82, 2.24) is 5.32 Å². The number of hydrogen-bond acceptors (Lipinski definition) is 3. The highest BCUT2D eigenvalue weighted by Crippen LogP contribution is 2.25. The summed E-state index contributed by atoms with van der Waals surface area (Å²) in [5.74, 6) is 0.786. The van der Waals surface area contributed by atoms with Gasteiger partial charge < -0.3 is 10.6 Å². The second kappa shape index (κ2) is 8.95. The van der Waals surface area contributed by atoms with Crippen LogP contribution in [-0.4, -0.2) is 28.0 Å². The van der Waals surface area contributed by atoms with Crippen molar-refractivity contribution in [3.8, 4) is 0 Å². The predicted octanol–water partition coefficient (Wildman–Crippen LogP) is 3.59. The maximum Gasteiger partial charge on any atom is 0.227 e. The molecule has 1 unspecified atom stereocenters. The van der Waals surface area contributed by atoms with Gasteiger partial charge in [-0.2, -0.15) is 0 Å². The molecule has 1 heterocycles. The molecule has 25 heavy (non-hydrogen) atoms. The minimum atomic E-state index is -0.808. The third kappa shape index (κ3) is 5.38. The maximum absolute atomic E-state index is 12.6.